The molecule has 0 radical (unpaired) electrons. The topological polar surface area (TPSA) is 120 Å². The first kappa shape index (κ1) is 17.0. The van der Waals surface area contributed by atoms with Crippen molar-refractivity contribution in [1.29, 1.82) is 0 Å². The largest absolute Gasteiger partial charge is 0.416 e. The van der Waals surface area contributed by atoms with Gasteiger partial charge in [0, 0.05) is 11.4 Å². The van der Waals surface area contributed by atoms with Gasteiger partial charge >= 0.3 is 11.9 Å². The van der Waals surface area contributed by atoms with E-state index in [-0.39, 0.29) is 17.0 Å². The second-order valence-electron chi connectivity index (χ2n) is 4.83. The molecule has 1 aliphatic rings. The van der Waals surface area contributed by atoms with Crippen LogP contribution in [0.1, 0.15) is 11.1 Å². The van der Waals surface area contributed by atoms with E-state index in [9.17, 15) is 23.3 Å². The normalized spacial score (nSPS) is 21.3. The van der Waals surface area contributed by atoms with Crippen LogP contribution in [-0.4, -0.2) is 16.5 Å². The molecule has 1 unspecified atom stereocenters. The molecule has 0 spiro atoms. The van der Waals surface area contributed by atoms with Crippen LogP contribution in [0.25, 0.3) is 0 Å². The second kappa shape index (κ2) is 5.70. The van der Waals surface area contributed by atoms with Crippen LogP contribution in [0.5, 0.6) is 0 Å². The van der Waals surface area contributed by atoms with Gasteiger partial charge in [-0.3, -0.25) is 15.8 Å². The molecular weight excluding hydrogens is 339 g/mol. The van der Waals surface area contributed by atoms with E-state index < -0.39 is 34.0 Å². The van der Waals surface area contributed by atoms with Crippen LogP contribution < -0.4 is 16.8 Å². The first-order chi connectivity index (χ1) is 10.5. The molecule has 7 nitrogen and oxygen atoms in total. The Morgan fingerprint density at radius 2 is 2.09 bits per heavy atom. The average Bonchev–Trinajstić information content (AvgIpc) is 2.39. The molecule has 0 amide bonds. The number of hydrogen-bond donors (Lipinski definition) is 3. The number of halogens is 4. The van der Waals surface area contributed by atoms with Gasteiger partial charge in [-0.1, -0.05) is 11.6 Å². The van der Waals surface area contributed by atoms with Crippen LogP contribution in [0.2, 0.25) is 5.02 Å². The fourth-order valence-electron chi connectivity index (χ4n) is 1.99. The third-order valence-corrected chi connectivity index (χ3v) is 3.44. The van der Waals surface area contributed by atoms with Crippen molar-refractivity contribution >= 4 is 17.4 Å². The van der Waals surface area contributed by atoms with Crippen molar-refractivity contribution in [1.82, 2.24) is 5.32 Å². The molecule has 1 heterocycles. The lowest BCUT2D eigenvalue weighted by atomic mass is 10.0. The van der Waals surface area contributed by atoms with Gasteiger partial charge < -0.3 is 11.1 Å². The zero-order valence-electron chi connectivity index (χ0n) is 11.4. The number of benzene rings is 1. The molecule has 0 saturated carbocycles. The molecule has 0 bridgehead atoms. The molecule has 2 rings (SSSR count). The van der Waals surface area contributed by atoms with Crippen LogP contribution >= 0.6 is 11.6 Å². The van der Waals surface area contributed by atoms with E-state index in [0.717, 1.165) is 24.4 Å². The summed E-state index contributed by atoms with van der Waals surface area (Å²) in [6.45, 7) is 0. The maximum Gasteiger partial charge on any atom is 0.416 e. The summed E-state index contributed by atoms with van der Waals surface area (Å²) >= 11 is 5.89. The Balaban J connectivity index is 2.31. The first-order valence-electron chi connectivity index (χ1n) is 6.14. The maximum absolute atomic E-state index is 12.8. The van der Waals surface area contributed by atoms with E-state index in [1.807, 2.05) is 0 Å². The molecule has 1 aromatic rings. The molecule has 5 N–H and O–H groups in total. The Labute approximate surface area is 133 Å². The highest BCUT2D eigenvalue weighted by atomic mass is 35.5. The van der Waals surface area contributed by atoms with Crippen LogP contribution in [0.15, 0.2) is 35.1 Å². The Bertz CT molecular complexity index is 719. The van der Waals surface area contributed by atoms with Crippen molar-refractivity contribution in [2.75, 3.05) is 0 Å². The quantitative estimate of drug-likeness (QED) is 0.565. The molecule has 0 aromatic heterocycles. The number of nitrogens with two attached hydrogens (primary N) is 2. The summed E-state index contributed by atoms with van der Waals surface area (Å²) in [6.07, 6.45) is -3.84. The van der Waals surface area contributed by atoms with E-state index in [2.05, 4.69) is 10.3 Å². The van der Waals surface area contributed by atoms with E-state index >= 15 is 0 Å². The third-order valence-electron chi connectivity index (χ3n) is 3.07. The van der Waals surface area contributed by atoms with Crippen molar-refractivity contribution in [3.63, 3.8) is 0 Å². The Kier molecular flexibility index (Phi) is 4.22. The van der Waals surface area contributed by atoms with Gasteiger partial charge in [0.25, 0.3) is 0 Å². The summed E-state index contributed by atoms with van der Waals surface area (Å²) < 4.78 is 38.3. The number of nitrogens with zero attached hydrogens (tertiary/aromatic N) is 2. The molecule has 0 saturated heterocycles. The zero-order chi connectivity index (χ0) is 17.4. The lowest BCUT2D eigenvalue weighted by Crippen LogP contribution is -2.55. The van der Waals surface area contributed by atoms with Gasteiger partial charge in [-0.25, -0.2) is 4.99 Å². The highest BCUT2D eigenvalue weighted by Gasteiger charge is 2.35. The molecule has 1 aliphatic heterocycles. The van der Waals surface area contributed by atoms with E-state index in [4.69, 9.17) is 23.1 Å². The van der Waals surface area contributed by atoms with Crippen molar-refractivity contribution in [2.24, 2.45) is 16.5 Å². The molecule has 1 atom stereocenters. The summed E-state index contributed by atoms with van der Waals surface area (Å²) in [6, 6.07) is 2.78. The van der Waals surface area contributed by atoms with Gasteiger partial charge in [0.05, 0.1) is 16.7 Å². The predicted octanol–water partition coefficient (Wildman–Crippen LogP) is 1.59. The molecular formula is C12H11ClF3N5O2. The molecule has 0 aliphatic carbocycles. The lowest BCUT2D eigenvalue weighted by molar-refractivity contribution is -0.416. The monoisotopic (exact) mass is 349 g/mol. The van der Waals surface area contributed by atoms with E-state index in [1.165, 1.54) is 0 Å². The fraction of sp³-hybridized carbons (Fsp3) is 0.250. The van der Waals surface area contributed by atoms with E-state index in [0.29, 0.717) is 0 Å². The summed E-state index contributed by atoms with van der Waals surface area (Å²) in [7, 11) is 0. The number of nitrogens with one attached hydrogen (secondary N) is 1. The van der Waals surface area contributed by atoms with Gasteiger partial charge in [-0.05, 0) is 23.8 Å². The number of rotatable bonds is 3. The highest BCUT2D eigenvalue weighted by Crippen LogP contribution is 2.32. The first-order valence-corrected chi connectivity index (χ1v) is 6.52. The standard InChI is InChI=1S/C12H11ClF3N5O2/c13-8-2-1-7(12(14,15)16)3-6(8)4-11(18)19-5-9(21(22)23)10(17)20-11/h1-3,5,19H,4,18H2,(H2,17,20). The second-order valence-corrected chi connectivity index (χ2v) is 5.24. The van der Waals surface area contributed by atoms with Crippen molar-refractivity contribution in [3.05, 3.63) is 56.4 Å². The SMILES string of the molecule is NC1=NC(N)(Cc2cc(C(F)(F)F)ccc2Cl)NC=C1[N+](=O)[O-]. The summed E-state index contributed by atoms with van der Waals surface area (Å²) in [5, 5.41) is 13.2. The lowest BCUT2D eigenvalue weighted by Gasteiger charge is -2.29. The minimum absolute atomic E-state index is 0.0578. The fourth-order valence-corrected chi connectivity index (χ4v) is 2.17. The summed E-state index contributed by atoms with van der Waals surface area (Å²) in [5.74, 6) is -2.07. The third kappa shape index (κ3) is 3.71. The van der Waals surface area contributed by atoms with Gasteiger partial charge in [0.15, 0.2) is 5.79 Å². The van der Waals surface area contributed by atoms with Crippen molar-refractivity contribution < 1.29 is 18.1 Å². The molecule has 0 fully saturated rings. The number of hydrogen-bond acceptors (Lipinski definition) is 6. The molecule has 124 valence electrons. The summed E-state index contributed by atoms with van der Waals surface area (Å²) in [5.41, 5.74) is 10.0. The summed E-state index contributed by atoms with van der Waals surface area (Å²) in [4.78, 5) is 13.7. The number of alkyl halides is 3. The average molecular weight is 350 g/mol. The van der Waals surface area contributed by atoms with Crippen LogP contribution in [0, 0.1) is 10.1 Å². The molecule has 1 aromatic carbocycles. The van der Waals surface area contributed by atoms with Gasteiger partial charge in [-0.15, -0.1) is 0 Å². The Morgan fingerprint density at radius 3 is 2.61 bits per heavy atom. The van der Waals surface area contributed by atoms with Crippen molar-refractivity contribution in [3.8, 4) is 0 Å². The minimum atomic E-state index is -4.54. The Morgan fingerprint density at radius 1 is 1.43 bits per heavy atom. The van der Waals surface area contributed by atoms with Gasteiger partial charge in [0.1, 0.15) is 0 Å². The minimum Gasteiger partial charge on any atom is -0.378 e. The maximum atomic E-state index is 12.8. The number of nitro groups is 1. The van der Waals surface area contributed by atoms with E-state index in [1.54, 1.807) is 0 Å². The molecule has 11 heteroatoms. The highest BCUT2D eigenvalue weighted by molar-refractivity contribution is 6.31. The smallest absolute Gasteiger partial charge is 0.378 e. The molecule has 23 heavy (non-hydrogen) atoms. The number of amidine groups is 1. The zero-order valence-corrected chi connectivity index (χ0v) is 12.1. The van der Waals surface area contributed by atoms with Crippen LogP contribution in [0.4, 0.5) is 13.2 Å². The van der Waals surface area contributed by atoms with Crippen LogP contribution in [0.3, 0.4) is 0 Å². The van der Waals surface area contributed by atoms with Crippen LogP contribution in [-0.2, 0) is 12.6 Å². The van der Waals surface area contributed by atoms with Gasteiger partial charge in [-0.2, -0.15) is 13.2 Å². The van der Waals surface area contributed by atoms with Gasteiger partial charge in [0.2, 0.25) is 5.84 Å². The predicted molar refractivity (Wildman–Crippen MR) is 76.9 cm³/mol. The Hall–Kier alpha value is -2.33. The number of aliphatic imine (C=N–C) groups is 1. The van der Waals surface area contributed by atoms with Crippen molar-refractivity contribution in [2.45, 2.75) is 18.4 Å².